The van der Waals surface area contributed by atoms with Crippen LogP contribution in [-0.4, -0.2) is 28.9 Å². The Kier molecular flexibility index (Phi) is 5.78. The molecule has 0 saturated carbocycles. The lowest BCUT2D eigenvalue weighted by atomic mass is 10.1. The Balaban J connectivity index is 2.82. The lowest BCUT2D eigenvalue weighted by Gasteiger charge is -2.07. The molecule has 6 nitrogen and oxygen atoms in total. The monoisotopic (exact) mass is 285 g/mol. The van der Waals surface area contributed by atoms with E-state index in [0.717, 1.165) is 0 Å². The number of nitro groups is 1. The van der Waals surface area contributed by atoms with E-state index in [0.29, 0.717) is 16.2 Å². The molecule has 7 heteroatoms. The Morgan fingerprint density at radius 3 is 2.79 bits per heavy atom. The van der Waals surface area contributed by atoms with Crippen LogP contribution in [0.25, 0.3) is 0 Å². The molecule has 0 unspecified atom stereocenters. The van der Waals surface area contributed by atoms with E-state index in [-0.39, 0.29) is 18.1 Å². The molecule has 0 heterocycles. The van der Waals surface area contributed by atoms with E-state index in [4.69, 9.17) is 0 Å². The molecular weight excluding hydrogens is 270 g/mol. The van der Waals surface area contributed by atoms with Crippen molar-refractivity contribution in [2.75, 3.05) is 12.9 Å². The number of methoxy groups -OCH3 is 1. The van der Waals surface area contributed by atoms with E-state index in [1.165, 1.54) is 24.9 Å². The highest BCUT2D eigenvalue weighted by Crippen LogP contribution is 2.32. The topological polar surface area (TPSA) is 89.7 Å². The van der Waals surface area contributed by atoms with Crippen LogP contribution in [0, 0.1) is 10.1 Å². The van der Waals surface area contributed by atoms with Crippen molar-refractivity contribution in [3.63, 3.8) is 0 Å². The highest BCUT2D eigenvalue weighted by molar-refractivity contribution is 7.99. The largest absolute Gasteiger partial charge is 0.469 e. The lowest BCUT2D eigenvalue weighted by molar-refractivity contribution is -0.387. The normalized spacial score (nSPS) is 11.9. The molecule has 0 aliphatic carbocycles. The van der Waals surface area contributed by atoms with Crippen LogP contribution in [0.2, 0.25) is 0 Å². The second-order valence-corrected chi connectivity index (χ2v) is 4.97. The van der Waals surface area contributed by atoms with E-state index >= 15 is 0 Å². The Morgan fingerprint density at radius 2 is 2.26 bits per heavy atom. The fraction of sp³-hybridized carbons (Fsp3) is 0.417. The minimum atomic E-state index is -0.757. The predicted molar refractivity (Wildman–Crippen MR) is 71.1 cm³/mol. The molecule has 1 atom stereocenters. The zero-order chi connectivity index (χ0) is 14.4. The Bertz CT molecular complexity index is 475. The van der Waals surface area contributed by atoms with Gasteiger partial charge in [-0.1, -0.05) is 6.07 Å². The fourth-order valence-electron chi connectivity index (χ4n) is 1.41. The minimum absolute atomic E-state index is 0.0618. The fourth-order valence-corrected chi connectivity index (χ4v) is 2.34. The summed E-state index contributed by atoms with van der Waals surface area (Å²) in [6.45, 7) is 1.54. The third-order valence-corrected chi connectivity index (χ3v) is 3.52. The number of hydrogen-bond acceptors (Lipinski definition) is 6. The van der Waals surface area contributed by atoms with Gasteiger partial charge in [-0.3, -0.25) is 14.9 Å². The molecule has 19 heavy (non-hydrogen) atoms. The quantitative estimate of drug-likeness (QED) is 0.373. The number of benzene rings is 1. The first-order valence-electron chi connectivity index (χ1n) is 5.61. The second-order valence-electron chi connectivity index (χ2n) is 3.83. The number of nitrogens with zero attached hydrogens (tertiary/aromatic N) is 1. The number of aliphatic hydroxyl groups is 1. The van der Waals surface area contributed by atoms with Crippen molar-refractivity contribution in [1.29, 1.82) is 0 Å². The first-order valence-corrected chi connectivity index (χ1v) is 6.60. The summed E-state index contributed by atoms with van der Waals surface area (Å²) in [5.74, 6) is 0.0532. The van der Waals surface area contributed by atoms with E-state index in [2.05, 4.69) is 4.74 Å². The first kappa shape index (κ1) is 15.5. The summed E-state index contributed by atoms with van der Waals surface area (Å²) < 4.78 is 4.50. The maximum atomic E-state index is 11.0. The zero-order valence-electron chi connectivity index (χ0n) is 10.7. The molecule has 0 fully saturated rings. The number of carbonyl (C=O) groups excluding carboxylic acids is 1. The van der Waals surface area contributed by atoms with E-state index < -0.39 is 11.0 Å². The van der Waals surface area contributed by atoms with Crippen molar-refractivity contribution in [2.45, 2.75) is 24.3 Å². The summed E-state index contributed by atoms with van der Waals surface area (Å²) in [6, 6.07) is 4.57. The summed E-state index contributed by atoms with van der Waals surface area (Å²) in [7, 11) is 1.30. The highest BCUT2D eigenvalue weighted by atomic mass is 32.2. The van der Waals surface area contributed by atoms with Crippen LogP contribution >= 0.6 is 11.8 Å². The third kappa shape index (κ3) is 4.53. The van der Waals surface area contributed by atoms with Gasteiger partial charge in [-0.25, -0.2) is 0 Å². The van der Waals surface area contributed by atoms with Gasteiger partial charge in [0.15, 0.2) is 0 Å². The first-order chi connectivity index (χ1) is 8.95. The third-order valence-electron chi connectivity index (χ3n) is 2.45. The van der Waals surface area contributed by atoms with Gasteiger partial charge in [0.25, 0.3) is 5.69 Å². The van der Waals surface area contributed by atoms with Crippen LogP contribution in [0.5, 0.6) is 0 Å². The number of ether oxygens (including phenoxy) is 1. The zero-order valence-corrected chi connectivity index (χ0v) is 11.5. The van der Waals surface area contributed by atoms with E-state index in [9.17, 15) is 20.0 Å². The number of aliphatic hydroxyl groups excluding tert-OH is 1. The van der Waals surface area contributed by atoms with Crippen molar-refractivity contribution in [2.24, 2.45) is 0 Å². The summed E-state index contributed by atoms with van der Waals surface area (Å²) in [5.41, 5.74) is 0.428. The smallest absolute Gasteiger partial charge is 0.306 e. The maximum absolute atomic E-state index is 11.0. The number of nitro benzene ring substituents is 1. The van der Waals surface area contributed by atoms with Crippen LogP contribution in [-0.2, 0) is 9.53 Å². The Labute approximate surface area is 114 Å². The van der Waals surface area contributed by atoms with Crippen LogP contribution in [0.3, 0.4) is 0 Å². The number of carbonyl (C=O) groups is 1. The van der Waals surface area contributed by atoms with E-state index in [1.807, 2.05) is 0 Å². The molecule has 1 aromatic carbocycles. The van der Waals surface area contributed by atoms with Crippen molar-refractivity contribution in [3.05, 3.63) is 33.9 Å². The summed E-state index contributed by atoms with van der Waals surface area (Å²) in [5, 5.41) is 20.4. The molecule has 0 aliphatic rings. The molecular formula is C12H15NO5S. The standard InChI is InChI=1S/C12H15NO5S/c1-8(14)9-3-4-11(10(7-9)13(16)17)19-6-5-12(15)18-2/h3-4,7-8,14H,5-6H2,1-2H3/t8-/m0/s1. The van der Waals surface area contributed by atoms with Crippen LogP contribution in [0.15, 0.2) is 23.1 Å². The summed E-state index contributed by atoms with van der Waals surface area (Å²) in [6.07, 6.45) is -0.566. The molecule has 0 aromatic heterocycles. The molecule has 0 radical (unpaired) electrons. The van der Waals surface area contributed by atoms with Gasteiger partial charge in [0.05, 0.1) is 29.5 Å². The van der Waals surface area contributed by atoms with Gasteiger partial charge in [0, 0.05) is 11.8 Å². The average Bonchev–Trinajstić information content (AvgIpc) is 2.38. The van der Waals surface area contributed by atoms with Crippen molar-refractivity contribution < 1.29 is 19.6 Å². The van der Waals surface area contributed by atoms with Gasteiger partial charge in [-0.2, -0.15) is 0 Å². The van der Waals surface area contributed by atoms with Gasteiger partial charge in [-0.05, 0) is 18.6 Å². The van der Waals surface area contributed by atoms with Gasteiger partial charge in [-0.15, -0.1) is 11.8 Å². The molecule has 104 valence electrons. The van der Waals surface area contributed by atoms with Crippen molar-refractivity contribution in [3.8, 4) is 0 Å². The summed E-state index contributed by atoms with van der Waals surface area (Å²) >= 11 is 1.22. The van der Waals surface area contributed by atoms with Crippen LogP contribution in [0.1, 0.15) is 25.0 Å². The van der Waals surface area contributed by atoms with Gasteiger partial charge >= 0.3 is 5.97 Å². The molecule has 1 aromatic rings. The highest BCUT2D eigenvalue weighted by Gasteiger charge is 2.17. The lowest BCUT2D eigenvalue weighted by Crippen LogP contribution is -2.01. The number of esters is 1. The molecule has 0 saturated heterocycles. The van der Waals surface area contributed by atoms with Crippen molar-refractivity contribution in [1.82, 2.24) is 0 Å². The number of thioether (sulfide) groups is 1. The molecule has 0 aliphatic heterocycles. The molecule has 1 N–H and O–H groups in total. The van der Waals surface area contributed by atoms with Crippen LogP contribution in [0.4, 0.5) is 5.69 Å². The Hall–Kier alpha value is -1.60. The average molecular weight is 285 g/mol. The van der Waals surface area contributed by atoms with Crippen molar-refractivity contribution >= 4 is 23.4 Å². The minimum Gasteiger partial charge on any atom is -0.469 e. The molecule has 0 bridgehead atoms. The maximum Gasteiger partial charge on any atom is 0.306 e. The molecule has 0 spiro atoms. The molecule has 0 amide bonds. The van der Waals surface area contributed by atoms with Gasteiger partial charge in [0.1, 0.15) is 0 Å². The van der Waals surface area contributed by atoms with Crippen LogP contribution < -0.4 is 0 Å². The number of rotatable bonds is 6. The van der Waals surface area contributed by atoms with Gasteiger partial charge < -0.3 is 9.84 Å². The summed E-state index contributed by atoms with van der Waals surface area (Å²) in [4.78, 5) is 21.9. The second kappa shape index (κ2) is 7.10. The SMILES string of the molecule is COC(=O)CCSc1ccc([C@H](C)O)cc1[N+](=O)[O-]. The predicted octanol–water partition coefficient (Wildman–Crippen LogP) is 2.30. The Morgan fingerprint density at radius 1 is 1.58 bits per heavy atom. The van der Waals surface area contributed by atoms with E-state index in [1.54, 1.807) is 19.1 Å². The number of hydrogen-bond donors (Lipinski definition) is 1. The van der Waals surface area contributed by atoms with Gasteiger partial charge in [0.2, 0.25) is 0 Å². The molecule has 1 rings (SSSR count).